The van der Waals surface area contributed by atoms with Crippen molar-refractivity contribution >= 4 is 36.4 Å². The van der Waals surface area contributed by atoms with Crippen molar-refractivity contribution in [1.82, 2.24) is 10.2 Å². The van der Waals surface area contributed by atoms with Gasteiger partial charge in [-0.3, -0.25) is 4.90 Å². The van der Waals surface area contributed by atoms with Crippen LogP contribution in [-0.4, -0.2) is 31.1 Å². The second kappa shape index (κ2) is 9.05. The largest absolute Gasteiger partial charge is 0.448 e. The van der Waals surface area contributed by atoms with E-state index in [2.05, 4.69) is 17.1 Å². The minimum atomic E-state index is 0. The topological polar surface area (TPSA) is 28.4 Å². The normalized spacial score (nSPS) is 17.7. The van der Waals surface area contributed by atoms with Gasteiger partial charge < -0.3 is 9.73 Å². The van der Waals surface area contributed by atoms with E-state index in [1.165, 1.54) is 0 Å². The molecule has 0 aliphatic carbocycles. The highest BCUT2D eigenvalue weighted by Gasteiger charge is 2.23. The van der Waals surface area contributed by atoms with E-state index in [1.807, 2.05) is 12.1 Å². The smallest absolute Gasteiger partial charge is 0.193 e. The van der Waals surface area contributed by atoms with Crippen LogP contribution >= 0.6 is 36.4 Å². The first kappa shape index (κ1) is 18.1. The minimum Gasteiger partial charge on any atom is -0.448 e. The summed E-state index contributed by atoms with van der Waals surface area (Å²) in [6.07, 6.45) is 2.29. The van der Waals surface area contributed by atoms with Gasteiger partial charge in [-0.2, -0.15) is 0 Å². The summed E-state index contributed by atoms with van der Waals surface area (Å²) in [6.45, 7) is 6.51. The highest BCUT2D eigenvalue weighted by Crippen LogP contribution is 2.28. The number of hydrogen-bond donors (Lipinski definition) is 1. The van der Waals surface area contributed by atoms with Crippen LogP contribution in [0.15, 0.2) is 16.5 Å². The van der Waals surface area contributed by atoms with Crippen molar-refractivity contribution in [1.29, 1.82) is 0 Å². The lowest BCUT2D eigenvalue weighted by atomic mass is 10.1. The third-order valence-electron chi connectivity index (χ3n) is 3.08. The Kier molecular flexibility index (Phi) is 9.09. The molecule has 1 saturated heterocycles. The Morgan fingerprint density at radius 1 is 1.33 bits per heavy atom. The molecular formula is C12H21Cl3N2O. The lowest BCUT2D eigenvalue weighted by Gasteiger charge is -2.33. The van der Waals surface area contributed by atoms with Crippen LogP contribution in [-0.2, 0) is 0 Å². The number of piperazine rings is 1. The van der Waals surface area contributed by atoms with Gasteiger partial charge in [0.15, 0.2) is 5.22 Å². The van der Waals surface area contributed by atoms with E-state index in [0.29, 0.717) is 11.3 Å². The standard InChI is InChI=1S/C12H19ClN2O.2ClH/c1-2-3-10(11-4-5-12(13)16-11)15-8-6-14-7-9-15;;/h4-5,10,14H,2-3,6-9H2,1H3;2*1H/t10-;;/m0../s1. The molecule has 1 aliphatic rings. The van der Waals surface area contributed by atoms with Crippen molar-refractivity contribution in [2.45, 2.75) is 25.8 Å². The van der Waals surface area contributed by atoms with Crippen molar-refractivity contribution in [2.75, 3.05) is 26.2 Å². The van der Waals surface area contributed by atoms with Crippen LogP contribution in [0.5, 0.6) is 0 Å². The molecule has 1 aromatic rings. The summed E-state index contributed by atoms with van der Waals surface area (Å²) in [6, 6.07) is 4.23. The average molecular weight is 316 g/mol. The Balaban J connectivity index is 0.00000144. The first-order chi connectivity index (χ1) is 7.81. The number of rotatable bonds is 4. The molecule has 1 aromatic heterocycles. The Morgan fingerprint density at radius 3 is 2.50 bits per heavy atom. The van der Waals surface area contributed by atoms with Crippen molar-refractivity contribution in [3.05, 3.63) is 23.1 Å². The van der Waals surface area contributed by atoms with Crippen molar-refractivity contribution in [3.63, 3.8) is 0 Å². The van der Waals surface area contributed by atoms with E-state index in [-0.39, 0.29) is 24.8 Å². The van der Waals surface area contributed by atoms with Gasteiger partial charge in [-0.25, -0.2) is 0 Å². The Hall–Kier alpha value is 0.0700. The molecule has 3 nitrogen and oxygen atoms in total. The van der Waals surface area contributed by atoms with Crippen molar-refractivity contribution in [3.8, 4) is 0 Å². The molecule has 2 rings (SSSR count). The van der Waals surface area contributed by atoms with E-state index < -0.39 is 0 Å². The average Bonchev–Trinajstić information content (AvgIpc) is 2.74. The lowest BCUT2D eigenvalue weighted by molar-refractivity contribution is 0.146. The predicted molar refractivity (Wildman–Crippen MR) is 80.3 cm³/mol. The lowest BCUT2D eigenvalue weighted by Crippen LogP contribution is -2.45. The molecule has 18 heavy (non-hydrogen) atoms. The fourth-order valence-corrected chi connectivity index (χ4v) is 2.43. The number of halogens is 3. The molecule has 2 heterocycles. The highest BCUT2D eigenvalue weighted by atomic mass is 35.5. The molecule has 0 radical (unpaired) electrons. The third kappa shape index (κ3) is 4.63. The van der Waals surface area contributed by atoms with Gasteiger partial charge in [0.25, 0.3) is 0 Å². The number of furan rings is 1. The van der Waals surface area contributed by atoms with E-state index in [1.54, 1.807) is 0 Å². The van der Waals surface area contributed by atoms with Gasteiger partial charge in [-0.05, 0) is 30.2 Å². The highest BCUT2D eigenvalue weighted by molar-refractivity contribution is 6.28. The van der Waals surface area contributed by atoms with Gasteiger partial charge in [-0.1, -0.05) is 13.3 Å². The number of nitrogens with one attached hydrogen (secondary N) is 1. The number of hydrogen-bond acceptors (Lipinski definition) is 3. The van der Waals surface area contributed by atoms with Crippen molar-refractivity contribution < 1.29 is 4.42 Å². The molecule has 1 fully saturated rings. The van der Waals surface area contributed by atoms with E-state index in [0.717, 1.165) is 44.8 Å². The second-order valence-electron chi connectivity index (χ2n) is 4.23. The maximum absolute atomic E-state index is 5.85. The molecule has 0 amide bonds. The Morgan fingerprint density at radius 2 is 2.00 bits per heavy atom. The van der Waals surface area contributed by atoms with Crippen LogP contribution < -0.4 is 5.32 Å². The van der Waals surface area contributed by atoms with Gasteiger partial charge in [0.2, 0.25) is 0 Å². The summed E-state index contributed by atoms with van der Waals surface area (Å²) >= 11 is 5.85. The molecule has 0 saturated carbocycles. The van der Waals surface area contributed by atoms with Gasteiger partial charge in [0.1, 0.15) is 5.76 Å². The minimum absolute atomic E-state index is 0. The summed E-state index contributed by atoms with van der Waals surface area (Å²) < 4.78 is 5.55. The SMILES string of the molecule is CCC[C@@H](c1ccc(Cl)o1)N1CCNCC1.Cl.Cl. The molecule has 6 heteroatoms. The van der Waals surface area contributed by atoms with Crippen molar-refractivity contribution in [2.24, 2.45) is 0 Å². The van der Waals surface area contributed by atoms with Crippen LogP contribution in [0.1, 0.15) is 31.6 Å². The zero-order valence-corrected chi connectivity index (χ0v) is 12.9. The first-order valence-corrected chi connectivity index (χ1v) is 6.39. The maximum Gasteiger partial charge on any atom is 0.193 e. The van der Waals surface area contributed by atoms with E-state index in [4.69, 9.17) is 16.0 Å². The fourth-order valence-electron chi connectivity index (χ4n) is 2.28. The fraction of sp³-hybridized carbons (Fsp3) is 0.667. The second-order valence-corrected chi connectivity index (χ2v) is 4.60. The molecule has 0 unspecified atom stereocenters. The first-order valence-electron chi connectivity index (χ1n) is 6.01. The molecule has 1 atom stereocenters. The predicted octanol–water partition coefficient (Wildman–Crippen LogP) is 3.52. The monoisotopic (exact) mass is 314 g/mol. The third-order valence-corrected chi connectivity index (χ3v) is 3.28. The van der Waals surface area contributed by atoms with Crippen LogP contribution in [0.2, 0.25) is 5.22 Å². The Labute approximate surface area is 126 Å². The maximum atomic E-state index is 5.85. The van der Waals surface area contributed by atoms with Crippen LogP contribution in [0.25, 0.3) is 0 Å². The van der Waals surface area contributed by atoms with Crippen LogP contribution in [0.4, 0.5) is 0 Å². The molecule has 0 bridgehead atoms. The number of nitrogens with zero attached hydrogens (tertiary/aromatic N) is 1. The van der Waals surface area contributed by atoms with Crippen LogP contribution in [0.3, 0.4) is 0 Å². The molecule has 0 spiro atoms. The molecular weight excluding hydrogens is 295 g/mol. The van der Waals surface area contributed by atoms with Gasteiger partial charge in [0, 0.05) is 26.2 Å². The molecule has 1 N–H and O–H groups in total. The van der Waals surface area contributed by atoms with Gasteiger partial charge in [0.05, 0.1) is 6.04 Å². The zero-order valence-electron chi connectivity index (χ0n) is 10.5. The van der Waals surface area contributed by atoms with Gasteiger partial charge >= 0.3 is 0 Å². The van der Waals surface area contributed by atoms with E-state index >= 15 is 0 Å². The summed E-state index contributed by atoms with van der Waals surface area (Å²) in [5, 5.41) is 3.86. The quantitative estimate of drug-likeness (QED) is 0.921. The van der Waals surface area contributed by atoms with Gasteiger partial charge in [-0.15, -0.1) is 24.8 Å². The molecule has 0 aromatic carbocycles. The molecule has 106 valence electrons. The summed E-state index contributed by atoms with van der Waals surface area (Å²) in [7, 11) is 0. The van der Waals surface area contributed by atoms with Crippen LogP contribution in [0, 0.1) is 0 Å². The summed E-state index contributed by atoms with van der Waals surface area (Å²) in [5.74, 6) is 1.01. The molecule has 1 aliphatic heterocycles. The van der Waals surface area contributed by atoms with E-state index in [9.17, 15) is 0 Å². The summed E-state index contributed by atoms with van der Waals surface area (Å²) in [4.78, 5) is 2.48. The summed E-state index contributed by atoms with van der Waals surface area (Å²) in [5.41, 5.74) is 0. The Bertz CT molecular complexity index is 327. The zero-order chi connectivity index (χ0) is 11.4.